The summed E-state index contributed by atoms with van der Waals surface area (Å²) in [7, 11) is 0. The van der Waals surface area contributed by atoms with Crippen molar-refractivity contribution in [2.45, 2.75) is 45.4 Å². The predicted molar refractivity (Wildman–Crippen MR) is 78.4 cm³/mol. The fourth-order valence-electron chi connectivity index (χ4n) is 1.90. The van der Waals surface area contributed by atoms with Crippen molar-refractivity contribution >= 4 is 17.3 Å². The van der Waals surface area contributed by atoms with Crippen LogP contribution in [0.1, 0.15) is 45.4 Å². The fraction of sp³-hybridized carbons (Fsp3) is 0.667. The molecule has 0 unspecified atom stereocenters. The Morgan fingerprint density at radius 3 is 2.50 bits per heavy atom. The lowest BCUT2D eigenvalue weighted by Crippen LogP contribution is -2.14. The predicted octanol–water partition coefficient (Wildman–Crippen LogP) is 2.44. The lowest BCUT2D eigenvalue weighted by molar-refractivity contribution is -0.383. The van der Waals surface area contributed by atoms with E-state index in [4.69, 9.17) is 5.84 Å². The van der Waals surface area contributed by atoms with Gasteiger partial charge >= 0.3 is 5.69 Å². The smallest absolute Gasteiger partial charge is 0.354 e. The molecule has 20 heavy (non-hydrogen) atoms. The molecule has 0 aromatic carbocycles. The van der Waals surface area contributed by atoms with Gasteiger partial charge in [0.1, 0.15) is 6.33 Å². The lowest BCUT2D eigenvalue weighted by Gasteiger charge is -2.07. The van der Waals surface area contributed by atoms with Crippen molar-refractivity contribution in [1.29, 1.82) is 0 Å². The number of nitrogen functional groups attached to an aromatic ring is 1. The van der Waals surface area contributed by atoms with Crippen molar-refractivity contribution in [1.82, 2.24) is 9.97 Å². The number of nitrogens with two attached hydrogens (primary N) is 1. The lowest BCUT2D eigenvalue weighted by atomic mass is 10.1. The van der Waals surface area contributed by atoms with Gasteiger partial charge in [-0.25, -0.2) is 15.8 Å². The van der Waals surface area contributed by atoms with E-state index in [-0.39, 0.29) is 17.3 Å². The average molecular weight is 282 g/mol. The number of hydrazine groups is 1. The number of rotatable bonds is 10. The van der Waals surface area contributed by atoms with E-state index in [1.165, 1.54) is 32.0 Å². The Kier molecular flexibility index (Phi) is 7.26. The highest BCUT2D eigenvalue weighted by atomic mass is 16.6. The number of nitrogens with one attached hydrogen (secondary N) is 2. The molecule has 0 saturated heterocycles. The van der Waals surface area contributed by atoms with Crippen molar-refractivity contribution < 1.29 is 4.92 Å². The summed E-state index contributed by atoms with van der Waals surface area (Å²) < 4.78 is 0. The molecule has 0 spiro atoms. The average Bonchev–Trinajstić information content (AvgIpc) is 2.45. The summed E-state index contributed by atoms with van der Waals surface area (Å²) in [5, 5.41) is 14.0. The molecule has 8 nitrogen and oxygen atoms in total. The monoisotopic (exact) mass is 282 g/mol. The van der Waals surface area contributed by atoms with Crippen LogP contribution in [-0.4, -0.2) is 21.4 Å². The van der Waals surface area contributed by atoms with Crippen LogP contribution in [0.3, 0.4) is 0 Å². The molecule has 4 N–H and O–H groups in total. The largest absolute Gasteiger partial charge is 0.364 e. The van der Waals surface area contributed by atoms with Crippen LogP contribution < -0.4 is 16.6 Å². The molecule has 1 heterocycles. The normalized spacial score (nSPS) is 10.3. The third-order valence-corrected chi connectivity index (χ3v) is 2.96. The zero-order chi connectivity index (χ0) is 14.8. The minimum Gasteiger partial charge on any atom is -0.364 e. The number of aromatic nitrogens is 2. The van der Waals surface area contributed by atoms with Crippen LogP contribution in [0.25, 0.3) is 0 Å². The number of anilines is 2. The Balaban J connectivity index is 2.45. The van der Waals surface area contributed by atoms with Crippen LogP contribution in [0.5, 0.6) is 0 Å². The summed E-state index contributed by atoms with van der Waals surface area (Å²) in [6.07, 6.45) is 8.22. The molecule has 0 amide bonds. The van der Waals surface area contributed by atoms with Gasteiger partial charge in [-0.1, -0.05) is 39.0 Å². The molecular formula is C12H22N6O2. The van der Waals surface area contributed by atoms with Crippen molar-refractivity contribution in [2.75, 3.05) is 17.3 Å². The molecule has 0 fully saturated rings. The van der Waals surface area contributed by atoms with E-state index >= 15 is 0 Å². The first-order valence-corrected chi connectivity index (χ1v) is 6.90. The van der Waals surface area contributed by atoms with E-state index in [2.05, 4.69) is 27.6 Å². The van der Waals surface area contributed by atoms with Gasteiger partial charge in [-0.2, -0.15) is 0 Å². The molecule has 0 aliphatic heterocycles. The van der Waals surface area contributed by atoms with Crippen LogP contribution in [0.2, 0.25) is 0 Å². The Hall–Kier alpha value is -1.96. The first-order chi connectivity index (χ1) is 9.70. The highest BCUT2D eigenvalue weighted by molar-refractivity contribution is 5.68. The van der Waals surface area contributed by atoms with E-state index < -0.39 is 4.92 Å². The standard InChI is InChI=1S/C12H22N6O2/c1-2-3-4-5-6-7-8-14-11-10(18(19)20)12(17-13)16-9-15-11/h9H,2-8,13H2,1H3,(H2,14,15,16,17). The third kappa shape index (κ3) is 4.96. The van der Waals surface area contributed by atoms with E-state index in [1.54, 1.807) is 0 Å². The SMILES string of the molecule is CCCCCCCCNc1ncnc(NN)c1[N+](=O)[O-]. The molecule has 0 radical (unpaired) electrons. The van der Waals surface area contributed by atoms with Crippen LogP contribution in [0, 0.1) is 10.1 Å². The van der Waals surface area contributed by atoms with Gasteiger partial charge in [-0.15, -0.1) is 0 Å². The minimum atomic E-state index is -0.543. The van der Waals surface area contributed by atoms with E-state index in [0.29, 0.717) is 6.54 Å². The van der Waals surface area contributed by atoms with Gasteiger partial charge in [0.25, 0.3) is 0 Å². The molecule has 0 saturated carbocycles. The zero-order valence-electron chi connectivity index (χ0n) is 11.8. The summed E-state index contributed by atoms with van der Waals surface area (Å²) in [6, 6.07) is 0. The van der Waals surface area contributed by atoms with Crippen LogP contribution in [0.15, 0.2) is 6.33 Å². The van der Waals surface area contributed by atoms with Crippen molar-refractivity contribution in [3.8, 4) is 0 Å². The quantitative estimate of drug-likeness (QED) is 0.261. The maximum Gasteiger partial charge on any atom is 0.354 e. The first-order valence-electron chi connectivity index (χ1n) is 6.90. The molecule has 0 aliphatic rings. The number of hydrogen-bond acceptors (Lipinski definition) is 7. The summed E-state index contributed by atoms with van der Waals surface area (Å²) >= 11 is 0. The Bertz CT molecular complexity index is 426. The molecule has 0 aliphatic carbocycles. The Morgan fingerprint density at radius 2 is 1.85 bits per heavy atom. The Labute approximate surface area is 118 Å². The second kappa shape index (κ2) is 9.03. The van der Waals surface area contributed by atoms with E-state index in [1.807, 2.05) is 0 Å². The molecule has 8 heteroatoms. The van der Waals surface area contributed by atoms with Gasteiger partial charge in [0.15, 0.2) is 0 Å². The third-order valence-electron chi connectivity index (χ3n) is 2.96. The van der Waals surface area contributed by atoms with Crippen molar-refractivity contribution in [3.63, 3.8) is 0 Å². The van der Waals surface area contributed by atoms with Gasteiger partial charge in [-0.05, 0) is 6.42 Å². The van der Waals surface area contributed by atoms with Crippen molar-refractivity contribution in [2.24, 2.45) is 5.84 Å². The highest BCUT2D eigenvalue weighted by Crippen LogP contribution is 2.27. The number of hydrogen-bond donors (Lipinski definition) is 3. The van der Waals surface area contributed by atoms with Gasteiger partial charge < -0.3 is 10.7 Å². The van der Waals surface area contributed by atoms with Crippen LogP contribution in [-0.2, 0) is 0 Å². The molecule has 1 rings (SSSR count). The maximum absolute atomic E-state index is 11.0. The number of nitro groups is 1. The summed E-state index contributed by atoms with van der Waals surface area (Å²) in [5.41, 5.74) is 1.99. The van der Waals surface area contributed by atoms with Crippen LogP contribution in [0.4, 0.5) is 17.3 Å². The van der Waals surface area contributed by atoms with Gasteiger partial charge in [0, 0.05) is 6.54 Å². The minimum absolute atomic E-state index is 0.00967. The summed E-state index contributed by atoms with van der Waals surface area (Å²) in [4.78, 5) is 18.1. The van der Waals surface area contributed by atoms with Gasteiger partial charge in [0.2, 0.25) is 11.6 Å². The second-order valence-electron chi connectivity index (χ2n) is 4.52. The number of nitrogens with zero attached hydrogens (tertiary/aromatic N) is 3. The summed E-state index contributed by atoms with van der Waals surface area (Å²) in [5.74, 6) is 5.42. The fourth-order valence-corrected chi connectivity index (χ4v) is 1.90. The number of unbranched alkanes of at least 4 members (excludes halogenated alkanes) is 5. The summed E-state index contributed by atoms with van der Waals surface area (Å²) in [6.45, 7) is 2.83. The molecular weight excluding hydrogens is 260 g/mol. The van der Waals surface area contributed by atoms with Gasteiger partial charge in [-0.3, -0.25) is 10.1 Å². The van der Waals surface area contributed by atoms with Crippen LogP contribution >= 0.6 is 0 Å². The molecule has 112 valence electrons. The zero-order valence-corrected chi connectivity index (χ0v) is 11.8. The maximum atomic E-state index is 11.0. The Morgan fingerprint density at radius 1 is 1.20 bits per heavy atom. The topological polar surface area (TPSA) is 119 Å². The van der Waals surface area contributed by atoms with E-state index in [0.717, 1.165) is 12.8 Å². The molecule has 0 bridgehead atoms. The highest BCUT2D eigenvalue weighted by Gasteiger charge is 2.21. The first kappa shape index (κ1) is 16.1. The molecule has 1 aromatic rings. The molecule has 0 atom stereocenters. The van der Waals surface area contributed by atoms with Gasteiger partial charge in [0.05, 0.1) is 4.92 Å². The van der Waals surface area contributed by atoms with Crippen molar-refractivity contribution in [3.05, 3.63) is 16.4 Å². The second-order valence-corrected chi connectivity index (χ2v) is 4.52. The molecule has 1 aromatic heterocycles. The van der Waals surface area contributed by atoms with E-state index in [9.17, 15) is 10.1 Å².